The molecule has 3 aromatic rings. The van der Waals surface area contributed by atoms with Crippen LogP contribution in [0.25, 0.3) is 22.9 Å². The van der Waals surface area contributed by atoms with Gasteiger partial charge in [-0.15, -0.1) is 11.3 Å². The summed E-state index contributed by atoms with van der Waals surface area (Å²) in [6.45, 7) is 4.11. The Kier molecular flexibility index (Phi) is 4.36. The quantitative estimate of drug-likeness (QED) is 0.599. The molecule has 0 spiro atoms. The van der Waals surface area contributed by atoms with Crippen molar-refractivity contribution in [3.63, 3.8) is 0 Å². The van der Waals surface area contributed by atoms with Crippen LogP contribution >= 0.6 is 11.3 Å². The second-order valence-electron chi connectivity index (χ2n) is 5.43. The third kappa shape index (κ3) is 3.39. The van der Waals surface area contributed by atoms with E-state index in [1.165, 1.54) is 16.9 Å². The number of aromatic nitrogens is 1. The molecule has 112 valence electrons. The lowest BCUT2D eigenvalue weighted by Gasteiger charge is -2.02. The van der Waals surface area contributed by atoms with Gasteiger partial charge in [0.15, 0.2) is 0 Å². The zero-order valence-corrected chi connectivity index (χ0v) is 13.9. The van der Waals surface area contributed by atoms with Gasteiger partial charge in [0.05, 0.1) is 11.3 Å². The summed E-state index contributed by atoms with van der Waals surface area (Å²) in [5.41, 5.74) is 5.99. The highest BCUT2D eigenvalue weighted by molar-refractivity contribution is 7.11. The minimum Gasteiger partial charge on any atom is -0.235 e. The summed E-state index contributed by atoms with van der Waals surface area (Å²) in [7, 11) is 0. The molecule has 0 unspecified atom stereocenters. The molecule has 0 atom stereocenters. The predicted molar refractivity (Wildman–Crippen MR) is 97.0 cm³/mol. The highest BCUT2D eigenvalue weighted by Gasteiger charge is 2.09. The Hall–Kier alpha value is -2.70. The van der Waals surface area contributed by atoms with E-state index in [4.69, 9.17) is 0 Å². The zero-order chi connectivity index (χ0) is 16.2. The minimum atomic E-state index is 0.603. The van der Waals surface area contributed by atoms with Crippen LogP contribution in [0.4, 0.5) is 0 Å². The maximum Gasteiger partial charge on any atom is 0.134 e. The molecule has 0 aliphatic carbocycles. The molecule has 23 heavy (non-hydrogen) atoms. The number of allylic oxidation sites excluding steroid dienone is 1. The van der Waals surface area contributed by atoms with E-state index in [1.807, 2.05) is 41.8 Å². The number of hydrogen-bond donors (Lipinski definition) is 0. The van der Waals surface area contributed by atoms with Gasteiger partial charge in [-0.05, 0) is 31.1 Å². The lowest BCUT2D eigenvalue weighted by atomic mass is 10.0. The number of nitriles is 1. The van der Waals surface area contributed by atoms with Crippen LogP contribution in [0.15, 0.2) is 53.9 Å². The Labute approximate surface area is 140 Å². The maximum absolute atomic E-state index is 9.53. The van der Waals surface area contributed by atoms with Crippen molar-refractivity contribution in [3.05, 3.63) is 75.6 Å². The molecular formula is C20H16N2S. The summed E-state index contributed by atoms with van der Waals surface area (Å²) < 4.78 is 0. The van der Waals surface area contributed by atoms with Crippen LogP contribution in [-0.2, 0) is 0 Å². The van der Waals surface area contributed by atoms with Gasteiger partial charge in [-0.3, -0.25) is 0 Å². The van der Waals surface area contributed by atoms with E-state index in [0.29, 0.717) is 5.57 Å². The molecular weight excluding hydrogens is 300 g/mol. The molecule has 0 saturated heterocycles. The van der Waals surface area contributed by atoms with E-state index < -0.39 is 0 Å². The lowest BCUT2D eigenvalue weighted by Crippen LogP contribution is -1.86. The SMILES string of the molecule is Cc1ccc(C)c(/C=C(\C#N)c2nc(-c3ccccc3)cs2)c1. The first-order valence-corrected chi connectivity index (χ1v) is 8.26. The van der Waals surface area contributed by atoms with E-state index in [2.05, 4.69) is 43.1 Å². The number of benzene rings is 2. The first-order valence-electron chi connectivity index (χ1n) is 7.38. The van der Waals surface area contributed by atoms with E-state index in [-0.39, 0.29) is 0 Å². The third-order valence-corrected chi connectivity index (χ3v) is 4.53. The molecule has 3 rings (SSSR count). The number of thiazole rings is 1. The molecule has 0 saturated carbocycles. The zero-order valence-electron chi connectivity index (χ0n) is 13.1. The van der Waals surface area contributed by atoms with Gasteiger partial charge in [-0.1, -0.05) is 54.1 Å². The van der Waals surface area contributed by atoms with Gasteiger partial charge in [-0.2, -0.15) is 5.26 Å². The van der Waals surface area contributed by atoms with E-state index >= 15 is 0 Å². The highest BCUT2D eigenvalue weighted by atomic mass is 32.1. The lowest BCUT2D eigenvalue weighted by molar-refractivity contribution is 1.36. The Bertz CT molecular complexity index is 899. The van der Waals surface area contributed by atoms with Crippen LogP contribution in [0.1, 0.15) is 21.7 Å². The molecule has 0 bridgehead atoms. The molecule has 0 N–H and O–H groups in total. The summed E-state index contributed by atoms with van der Waals surface area (Å²) in [5, 5.41) is 12.3. The summed E-state index contributed by atoms with van der Waals surface area (Å²) in [6, 6.07) is 18.6. The van der Waals surface area contributed by atoms with E-state index in [9.17, 15) is 5.26 Å². The molecule has 0 amide bonds. The van der Waals surface area contributed by atoms with Gasteiger partial charge in [-0.25, -0.2) is 4.98 Å². The molecule has 0 fully saturated rings. The molecule has 0 aliphatic heterocycles. The number of rotatable bonds is 3. The molecule has 0 radical (unpaired) electrons. The van der Waals surface area contributed by atoms with Gasteiger partial charge < -0.3 is 0 Å². The van der Waals surface area contributed by atoms with E-state index in [1.54, 1.807) is 0 Å². The molecule has 1 aromatic heterocycles. The monoisotopic (exact) mass is 316 g/mol. The fraction of sp³-hybridized carbons (Fsp3) is 0.100. The Morgan fingerprint density at radius 2 is 1.91 bits per heavy atom. The normalized spacial score (nSPS) is 11.3. The summed E-state index contributed by atoms with van der Waals surface area (Å²) in [5.74, 6) is 0. The molecule has 2 nitrogen and oxygen atoms in total. The van der Waals surface area contributed by atoms with Crippen LogP contribution in [0, 0.1) is 25.2 Å². The van der Waals surface area contributed by atoms with Crippen molar-refractivity contribution in [1.82, 2.24) is 4.98 Å². The van der Waals surface area contributed by atoms with Crippen molar-refractivity contribution in [2.75, 3.05) is 0 Å². The largest absolute Gasteiger partial charge is 0.235 e. The van der Waals surface area contributed by atoms with Crippen molar-refractivity contribution in [3.8, 4) is 17.3 Å². The summed E-state index contributed by atoms with van der Waals surface area (Å²) in [4.78, 5) is 4.63. The van der Waals surface area contributed by atoms with E-state index in [0.717, 1.165) is 27.4 Å². The fourth-order valence-corrected chi connectivity index (χ4v) is 3.15. The smallest absolute Gasteiger partial charge is 0.134 e. The number of aryl methyl sites for hydroxylation is 2. The van der Waals surface area contributed by atoms with Crippen LogP contribution in [0.2, 0.25) is 0 Å². The Balaban J connectivity index is 1.99. The van der Waals surface area contributed by atoms with Gasteiger partial charge in [0, 0.05) is 10.9 Å². The van der Waals surface area contributed by atoms with Crippen molar-refractivity contribution in [2.24, 2.45) is 0 Å². The predicted octanol–water partition coefficient (Wildman–Crippen LogP) is 5.49. The number of nitrogens with zero attached hydrogens (tertiary/aromatic N) is 2. The molecule has 0 aliphatic rings. The van der Waals surface area contributed by atoms with Crippen molar-refractivity contribution >= 4 is 23.0 Å². The highest BCUT2D eigenvalue weighted by Crippen LogP contribution is 2.27. The molecule has 1 heterocycles. The molecule has 2 aromatic carbocycles. The first kappa shape index (κ1) is 15.2. The third-order valence-electron chi connectivity index (χ3n) is 3.66. The van der Waals surface area contributed by atoms with Crippen molar-refractivity contribution < 1.29 is 0 Å². The first-order chi connectivity index (χ1) is 11.2. The van der Waals surface area contributed by atoms with Crippen LogP contribution in [0.3, 0.4) is 0 Å². The van der Waals surface area contributed by atoms with Crippen LogP contribution < -0.4 is 0 Å². The fourth-order valence-electron chi connectivity index (χ4n) is 2.35. The van der Waals surface area contributed by atoms with Gasteiger partial charge in [0.25, 0.3) is 0 Å². The average Bonchev–Trinajstić information content (AvgIpc) is 3.06. The topological polar surface area (TPSA) is 36.7 Å². The average molecular weight is 316 g/mol. The van der Waals surface area contributed by atoms with Gasteiger partial charge in [0.2, 0.25) is 0 Å². The van der Waals surface area contributed by atoms with Crippen molar-refractivity contribution in [1.29, 1.82) is 5.26 Å². The second kappa shape index (κ2) is 6.60. The Morgan fingerprint density at radius 3 is 2.65 bits per heavy atom. The number of hydrogen-bond acceptors (Lipinski definition) is 3. The van der Waals surface area contributed by atoms with Gasteiger partial charge >= 0.3 is 0 Å². The molecule has 3 heteroatoms. The standard InChI is InChI=1S/C20H16N2S/c1-14-8-9-15(2)17(10-14)11-18(12-21)20-22-19(13-23-20)16-6-4-3-5-7-16/h3-11,13H,1-2H3/b18-11+. The maximum atomic E-state index is 9.53. The summed E-state index contributed by atoms with van der Waals surface area (Å²) >= 11 is 1.50. The summed E-state index contributed by atoms with van der Waals surface area (Å²) in [6.07, 6.45) is 1.93. The van der Waals surface area contributed by atoms with Crippen LogP contribution in [0.5, 0.6) is 0 Å². The van der Waals surface area contributed by atoms with Crippen molar-refractivity contribution in [2.45, 2.75) is 13.8 Å². The second-order valence-corrected chi connectivity index (χ2v) is 6.29. The van der Waals surface area contributed by atoms with Crippen LogP contribution in [-0.4, -0.2) is 4.98 Å². The van der Waals surface area contributed by atoms with Gasteiger partial charge in [0.1, 0.15) is 11.1 Å². The Morgan fingerprint density at radius 1 is 1.13 bits per heavy atom. The minimum absolute atomic E-state index is 0.603.